The standard InChI is InChI=1S/C16H30N2/c1-16(10-4-5-11-17-16)13-18-12-6-9-15(18)14-7-2-3-8-14/h14-15,17H,2-13H2,1H3. The van der Waals surface area contributed by atoms with Crippen LogP contribution in [0.2, 0.25) is 0 Å². The predicted octanol–water partition coefficient (Wildman–Crippen LogP) is 3.17. The lowest BCUT2D eigenvalue weighted by Gasteiger charge is -2.41. The summed E-state index contributed by atoms with van der Waals surface area (Å²) in [6.07, 6.45) is 13.1. The lowest BCUT2D eigenvalue weighted by atomic mass is 9.89. The zero-order valence-electron chi connectivity index (χ0n) is 12.1. The van der Waals surface area contributed by atoms with Crippen molar-refractivity contribution in [2.45, 2.75) is 76.3 Å². The molecule has 1 saturated carbocycles. The van der Waals surface area contributed by atoms with Crippen molar-refractivity contribution >= 4 is 0 Å². The van der Waals surface area contributed by atoms with Crippen molar-refractivity contribution in [3.63, 3.8) is 0 Å². The molecule has 1 aliphatic carbocycles. The van der Waals surface area contributed by atoms with Crippen LogP contribution in [0, 0.1) is 5.92 Å². The Morgan fingerprint density at radius 3 is 2.61 bits per heavy atom. The molecule has 3 fully saturated rings. The molecule has 0 bridgehead atoms. The van der Waals surface area contributed by atoms with Crippen LogP contribution in [0.4, 0.5) is 0 Å². The molecule has 0 aromatic carbocycles. The summed E-state index contributed by atoms with van der Waals surface area (Å²) in [4.78, 5) is 2.84. The third kappa shape index (κ3) is 2.75. The normalized spacial score (nSPS) is 39.5. The Hall–Kier alpha value is -0.0800. The first-order valence-corrected chi connectivity index (χ1v) is 8.26. The van der Waals surface area contributed by atoms with E-state index in [1.807, 2.05) is 0 Å². The highest BCUT2D eigenvalue weighted by Gasteiger charge is 2.37. The van der Waals surface area contributed by atoms with Gasteiger partial charge in [-0.3, -0.25) is 4.90 Å². The third-order valence-corrected chi connectivity index (χ3v) is 5.62. The van der Waals surface area contributed by atoms with E-state index in [1.165, 1.54) is 77.4 Å². The van der Waals surface area contributed by atoms with Crippen molar-refractivity contribution in [1.29, 1.82) is 0 Å². The molecule has 1 N–H and O–H groups in total. The Kier molecular flexibility index (Phi) is 3.95. The number of piperidine rings is 1. The highest BCUT2D eigenvalue weighted by atomic mass is 15.2. The maximum Gasteiger partial charge on any atom is 0.0280 e. The first-order chi connectivity index (χ1) is 8.77. The lowest BCUT2D eigenvalue weighted by molar-refractivity contribution is 0.124. The second kappa shape index (κ2) is 5.50. The van der Waals surface area contributed by atoms with E-state index in [0.717, 1.165) is 12.0 Å². The highest BCUT2D eigenvalue weighted by Crippen LogP contribution is 2.36. The minimum absolute atomic E-state index is 0.402. The van der Waals surface area contributed by atoms with E-state index in [9.17, 15) is 0 Å². The van der Waals surface area contributed by atoms with Crippen molar-refractivity contribution in [2.24, 2.45) is 5.92 Å². The summed E-state index contributed by atoms with van der Waals surface area (Å²) >= 11 is 0. The summed E-state index contributed by atoms with van der Waals surface area (Å²) in [5.74, 6) is 1.03. The van der Waals surface area contributed by atoms with Gasteiger partial charge in [0, 0.05) is 18.1 Å². The molecular formula is C16H30N2. The van der Waals surface area contributed by atoms with Gasteiger partial charge in [-0.1, -0.05) is 19.3 Å². The van der Waals surface area contributed by atoms with Crippen LogP contribution in [0.3, 0.4) is 0 Å². The average Bonchev–Trinajstić information content (AvgIpc) is 2.99. The minimum atomic E-state index is 0.402. The molecule has 104 valence electrons. The molecule has 2 nitrogen and oxygen atoms in total. The average molecular weight is 250 g/mol. The molecular weight excluding hydrogens is 220 g/mol. The molecule has 2 saturated heterocycles. The van der Waals surface area contributed by atoms with Gasteiger partial charge in [-0.2, -0.15) is 0 Å². The molecule has 2 unspecified atom stereocenters. The molecule has 2 atom stereocenters. The van der Waals surface area contributed by atoms with Gasteiger partial charge in [-0.05, 0) is 64.5 Å². The molecule has 3 rings (SSSR count). The van der Waals surface area contributed by atoms with E-state index in [0.29, 0.717) is 5.54 Å². The predicted molar refractivity (Wildman–Crippen MR) is 76.8 cm³/mol. The van der Waals surface area contributed by atoms with Gasteiger partial charge in [0.15, 0.2) is 0 Å². The van der Waals surface area contributed by atoms with Gasteiger partial charge in [0.05, 0.1) is 0 Å². The van der Waals surface area contributed by atoms with Crippen LogP contribution < -0.4 is 5.32 Å². The zero-order chi connectivity index (χ0) is 12.4. The monoisotopic (exact) mass is 250 g/mol. The zero-order valence-corrected chi connectivity index (χ0v) is 12.1. The van der Waals surface area contributed by atoms with E-state index < -0.39 is 0 Å². The maximum absolute atomic E-state index is 3.79. The van der Waals surface area contributed by atoms with Crippen LogP contribution in [0.5, 0.6) is 0 Å². The summed E-state index contributed by atoms with van der Waals surface area (Å²) in [7, 11) is 0. The van der Waals surface area contributed by atoms with Crippen LogP contribution >= 0.6 is 0 Å². The van der Waals surface area contributed by atoms with Gasteiger partial charge in [0.1, 0.15) is 0 Å². The Balaban J connectivity index is 1.60. The molecule has 2 heteroatoms. The summed E-state index contributed by atoms with van der Waals surface area (Å²) in [5, 5.41) is 3.79. The SMILES string of the molecule is CC1(CN2CCCC2C2CCCC2)CCCCN1. The highest BCUT2D eigenvalue weighted by molar-refractivity contribution is 4.95. The van der Waals surface area contributed by atoms with Crippen LogP contribution in [0.25, 0.3) is 0 Å². The van der Waals surface area contributed by atoms with Crippen molar-refractivity contribution in [3.8, 4) is 0 Å². The Morgan fingerprint density at radius 2 is 1.89 bits per heavy atom. The lowest BCUT2D eigenvalue weighted by Crippen LogP contribution is -2.55. The first kappa shape index (κ1) is 12.9. The second-order valence-corrected chi connectivity index (χ2v) is 7.17. The molecule has 0 spiro atoms. The summed E-state index contributed by atoms with van der Waals surface area (Å²) in [5.41, 5.74) is 0.402. The number of likely N-dealkylation sites (tertiary alicyclic amines) is 1. The van der Waals surface area contributed by atoms with E-state index in [-0.39, 0.29) is 0 Å². The fourth-order valence-electron chi connectivity index (χ4n) is 4.63. The van der Waals surface area contributed by atoms with Gasteiger partial charge >= 0.3 is 0 Å². The fraction of sp³-hybridized carbons (Fsp3) is 1.00. The topological polar surface area (TPSA) is 15.3 Å². The van der Waals surface area contributed by atoms with E-state index in [4.69, 9.17) is 0 Å². The molecule has 0 aromatic rings. The number of rotatable bonds is 3. The molecule has 0 radical (unpaired) electrons. The van der Waals surface area contributed by atoms with Gasteiger partial charge in [0.2, 0.25) is 0 Å². The van der Waals surface area contributed by atoms with Gasteiger partial charge in [-0.15, -0.1) is 0 Å². The van der Waals surface area contributed by atoms with Crippen LogP contribution in [0.1, 0.15) is 64.7 Å². The van der Waals surface area contributed by atoms with Gasteiger partial charge < -0.3 is 5.32 Å². The minimum Gasteiger partial charge on any atom is -0.310 e. The van der Waals surface area contributed by atoms with Crippen LogP contribution in [-0.4, -0.2) is 36.1 Å². The van der Waals surface area contributed by atoms with Crippen molar-refractivity contribution in [2.75, 3.05) is 19.6 Å². The fourth-order valence-corrected chi connectivity index (χ4v) is 4.63. The number of nitrogens with one attached hydrogen (secondary N) is 1. The number of nitrogens with zero attached hydrogens (tertiary/aromatic N) is 1. The first-order valence-electron chi connectivity index (χ1n) is 8.26. The summed E-state index contributed by atoms with van der Waals surface area (Å²) in [6.45, 7) is 6.35. The number of hydrogen-bond acceptors (Lipinski definition) is 2. The molecule has 0 amide bonds. The smallest absolute Gasteiger partial charge is 0.0280 e. The van der Waals surface area contributed by atoms with Crippen molar-refractivity contribution in [3.05, 3.63) is 0 Å². The molecule has 2 aliphatic heterocycles. The summed E-state index contributed by atoms with van der Waals surface area (Å²) < 4.78 is 0. The van der Waals surface area contributed by atoms with Gasteiger partial charge in [0.25, 0.3) is 0 Å². The molecule has 18 heavy (non-hydrogen) atoms. The Morgan fingerprint density at radius 1 is 1.06 bits per heavy atom. The Labute approximate surface area is 113 Å². The second-order valence-electron chi connectivity index (χ2n) is 7.17. The largest absolute Gasteiger partial charge is 0.310 e. The van der Waals surface area contributed by atoms with Crippen LogP contribution in [0.15, 0.2) is 0 Å². The molecule has 3 aliphatic rings. The van der Waals surface area contributed by atoms with Crippen molar-refractivity contribution in [1.82, 2.24) is 10.2 Å². The van der Waals surface area contributed by atoms with Crippen molar-refractivity contribution < 1.29 is 0 Å². The van der Waals surface area contributed by atoms with E-state index in [2.05, 4.69) is 17.1 Å². The summed E-state index contributed by atoms with van der Waals surface area (Å²) in [6, 6.07) is 0.924. The van der Waals surface area contributed by atoms with Gasteiger partial charge in [-0.25, -0.2) is 0 Å². The van der Waals surface area contributed by atoms with E-state index in [1.54, 1.807) is 0 Å². The quantitative estimate of drug-likeness (QED) is 0.827. The Bertz CT molecular complexity index is 264. The van der Waals surface area contributed by atoms with E-state index >= 15 is 0 Å². The van der Waals surface area contributed by atoms with Crippen LogP contribution in [-0.2, 0) is 0 Å². The number of hydrogen-bond donors (Lipinski definition) is 1. The molecule has 0 aromatic heterocycles. The maximum atomic E-state index is 3.79. The third-order valence-electron chi connectivity index (χ3n) is 5.62. The molecule has 2 heterocycles.